The lowest BCUT2D eigenvalue weighted by molar-refractivity contribution is 1.19. The van der Waals surface area contributed by atoms with Gasteiger partial charge in [0.1, 0.15) is 11.9 Å². The van der Waals surface area contributed by atoms with Crippen molar-refractivity contribution < 1.29 is 0 Å². The molecule has 2 aromatic rings. The van der Waals surface area contributed by atoms with E-state index in [9.17, 15) is 0 Å². The van der Waals surface area contributed by atoms with E-state index in [-0.39, 0.29) is 0 Å². The van der Waals surface area contributed by atoms with Gasteiger partial charge >= 0.3 is 0 Å². The molecule has 0 aliphatic heterocycles. The number of benzene rings is 1. The summed E-state index contributed by atoms with van der Waals surface area (Å²) in [7, 11) is 0. The summed E-state index contributed by atoms with van der Waals surface area (Å²) in [5.74, 6) is 0.551. The number of halogens is 1. The van der Waals surface area contributed by atoms with Crippen LogP contribution in [-0.2, 0) is 0 Å². The molecular weight excluding hydrogens is 234 g/mol. The number of hydrogen-bond donors (Lipinski definition) is 1. The number of hydrogen-bond acceptors (Lipinski definition) is 3. The van der Waals surface area contributed by atoms with Gasteiger partial charge < -0.3 is 5.32 Å². The van der Waals surface area contributed by atoms with Crippen molar-refractivity contribution >= 4 is 23.1 Å². The molecule has 3 nitrogen and oxygen atoms in total. The smallest absolute Gasteiger partial charge is 0.148 e. The van der Waals surface area contributed by atoms with E-state index in [0.29, 0.717) is 16.4 Å². The second-order valence-corrected chi connectivity index (χ2v) is 4.03. The van der Waals surface area contributed by atoms with Crippen LogP contribution in [0.4, 0.5) is 11.5 Å². The zero-order valence-electron chi connectivity index (χ0n) is 9.24. The topological polar surface area (TPSA) is 48.7 Å². The minimum absolute atomic E-state index is 0.510. The summed E-state index contributed by atoms with van der Waals surface area (Å²) in [5.41, 5.74) is 2.18. The summed E-state index contributed by atoms with van der Waals surface area (Å²) in [6, 6.07) is 12.9. The molecule has 0 fully saturated rings. The van der Waals surface area contributed by atoms with Gasteiger partial charge in [0, 0.05) is 16.4 Å². The highest BCUT2D eigenvalue weighted by Crippen LogP contribution is 2.21. The van der Waals surface area contributed by atoms with Gasteiger partial charge in [-0.1, -0.05) is 17.7 Å². The van der Waals surface area contributed by atoms with E-state index in [0.717, 1.165) is 11.4 Å². The second-order valence-electron chi connectivity index (χ2n) is 3.60. The lowest BCUT2D eigenvalue weighted by Crippen LogP contribution is -1.98. The van der Waals surface area contributed by atoms with Crippen molar-refractivity contribution in [2.24, 2.45) is 0 Å². The predicted octanol–water partition coefficient (Wildman–Crippen LogP) is 3.66. The van der Waals surface area contributed by atoms with Crippen LogP contribution in [0.25, 0.3) is 0 Å². The molecule has 1 heterocycles. The highest BCUT2D eigenvalue weighted by Gasteiger charge is 2.04. The number of anilines is 2. The van der Waals surface area contributed by atoms with Gasteiger partial charge in [-0.25, -0.2) is 4.98 Å². The maximum atomic E-state index is 8.99. The zero-order chi connectivity index (χ0) is 12.3. The SMILES string of the molecule is Cc1ccc(C#N)c(Nc2cccc(Cl)c2)n1. The summed E-state index contributed by atoms with van der Waals surface area (Å²) < 4.78 is 0. The van der Waals surface area contributed by atoms with E-state index in [2.05, 4.69) is 16.4 Å². The summed E-state index contributed by atoms with van der Waals surface area (Å²) in [6.45, 7) is 1.88. The molecule has 0 spiro atoms. The molecule has 1 aromatic heterocycles. The Kier molecular flexibility index (Phi) is 3.27. The van der Waals surface area contributed by atoms with Gasteiger partial charge in [0.2, 0.25) is 0 Å². The van der Waals surface area contributed by atoms with Crippen LogP contribution in [-0.4, -0.2) is 4.98 Å². The van der Waals surface area contributed by atoms with Crippen molar-refractivity contribution in [2.75, 3.05) is 5.32 Å². The molecular formula is C13H10ClN3. The first-order chi connectivity index (χ1) is 8.19. The van der Waals surface area contributed by atoms with Crippen LogP contribution in [0.3, 0.4) is 0 Å². The fourth-order valence-electron chi connectivity index (χ4n) is 1.45. The third-order valence-electron chi connectivity index (χ3n) is 2.24. The lowest BCUT2D eigenvalue weighted by Gasteiger charge is -2.08. The maximum absolute atomic E-state index is 8.99. The van der Waals surface area contributed by atoms with Crippen molar-refractivity contribution in [2.45, 2.75) is 6.92 Å². The van der Waals surface area contributed by atoms with Crippen LogP contribution >= 0.6 is 11.6 Å². The highest BCUT2D eigenvalue weighted by molar-refractivity contribution is 6.30. The first-order valence-corrected chi connectivity index (χ1v) is 5.47. The predicted molar refractivity (Wildman–Crippen MR) is 68.4 cm³/mol. The molecule has 4 heteroatoms. The zero-order valence-corrected chi connectivity index (χ0v) is 9.99. The molecule has 0 bridgehead atoms. The summed E-state index contributed by atoms with van der Waals surface area (Å²) in [5, 5.41) is 12.7. The fraction of sp³-hybridized carbons (Fsp3) is 0.0769. The number of nitriles is 1. The van der Waals surface area contributed by atoms with Gasteiger partial charge in [-0.2, -0.15) is 5.26 Å². The van der Waals surface area contributed by atoms with Crippen LogP contribution in [0, 0.1) is 18.3 Å². The normalized spacial score (nSPS) is 9.71. The van der Waals surface area contributed by atoms with Gasteiger partial charge in [0.15, 0.2) is 0 Å². The molecule has 0 unspecified atom stereocenters. The van der Waals surface area contributed by atoms with E-state index in [1.165, 1.54) is 0 Å². The Morgan fingerprint density at radius 1 is 1.29 bits per heavy atom. The van der Waals surface area contributed by atoms with Gasteiger partial charge in [-0.15, -0.1) is 0 Å². The molecule has 1 N–H and O–H groups in total. The number of rotatable bonds is 2. The summed E-state index contributed by atoms with van der Waals surface area (Å²) >= 11 is 5.89. The number of pyridine rings is 1. The number of nitrogens with zero attached hydrogens (tertiary/aromatic N) is 2. The van der Waals surface area contributed by atoms with E-state index in [1.807, 2.05) is 25.1 Å². The summed E-state index contributed by atoms with van der Waals surface area (Å²) in [6.07, 6.45) is 0. The first-order valence-electron chi connectivity index (χ1n) is 5.09. The molecule has 0 atom stereocenters. The summed E-state index contributed by atoms with van der Waals surface area (Å²) in [4.78, 5) is 4.29. The molecule has 17 heavy (non-hydrogen) atoms. The molecule has 0 radical (unpaired) electrons. The van der Waals surface area contributed by atoms with E-state index < -0.39 is 0 Å². The molecule has 0 saturated carbocycles. The van der Waals surface area contributed by atoms with Crippen molar-refractivity contribution in [1.82, 2.24) is 4.98 Å². The van der Waals surface area contributed by atoms with Crippen LogP contribution in [0.1, 0.15) is 11.3 Å². The van der Waals surface area contributed by atoms with Crippen LogP contribution < -0.4 is 5.32 Å². The monoisotopic (exact) mass is 243 g/mol. The Hall–Kier alpha value is -2.05. The lowest BCUT2D eigenvalue weighted by atomic mass is 10.2. The standard InChI is InChI=1S/C13H10ClN3/c1-9-5-6-10(8-15)13(16-9)17-12-4-2-3-11(14)7-12/h2-7H,1H3,(H,16,17). The Labute approximate surface area is 105 Å². The van der Waals surface area contributed by atoms with E-state index >= 15 is 0 Å². The quantitative estimate of drug-likeness (QED) is 0.876. The van der Waals surface area contributed by atoms with Crippen molar-refractivity contribution in [3.8, 4) is 6.07 Å². The van der Waals surface area contributed by atoms with Crippen molar-refractivity contribution in [3.63, 3.8) is 0 Å². The van der Waals surface area contributed by atoms with Crippen LogP contribution in [0.15, 0.2) is 36.4 Å². The van der Waals surface area contributed by atoms with Crippen LogP contribution in [0.2, 0.25) is 5.02 Å². The van der Waals surface area contributed by atoms with Crippen molar-refractivity contribution in [3.05, 3.63) is 52.7 Å². The average Bonchev–Trinajstić information content (AvgIpc) is 2.29. The third-order valence-corrected chi connectivity index (χ3v) is 2.48. The largest absolute Gasteiger partial charge is 0.339 e. The average molecular weight is 244 g/mol. The van der Waals surface area contributed by atoms with E-state index in [4.69, 9.17) is 16.9 Å². The molecule has 84 valence electrons. The highest BCUT2D eigenvalue weighted by atomic mass is 35.5. The molecule has 0 aliphatic rings. The second kappa shape index (κ2) is 4.86. The minimum atomic E-state index is 0.510. The number of nitrogens with one attached hydrogen (secondary N) is 1. The Balaban J connectivity index is 2.36. The van der Waals surface area contributed by atoms with Gasteiger partial charge in [0.25, 0.3) is 0 Å². The Morgan fingerprint density at radius 3 is 2.82 bits per heavy atom. The number of aryl methyl sites for hydroxylation is 1. The first kappa shape index (κ1) is 11.4. The molecule has 0 amide bonds. The molecule has 0 aliphatic carbocycles. The molecule has 2 rings (SSSR count). The van der Waals surface area contributed by atoms with Gasteiger partial charge in [-0.3, -0.25) is 0 Å². The Morgan fingerprint density at radius 2 is 2.12 bits per heavy atom. The third kappa shape index (κ3) is 2.74. The number of aromatic nitrogens is 1. The van der Waals surface area contributed by atoms with Gasteiger partial charge in [-0.05, 0) is 37.3 Å². The minimum Gasteiger partial charge on any atom is -0.339 e. The van der Waals surface area contributed by atoms with Crippen LogP contribution in [0.5, 0.6) is 0 Å². The van der Waals surface area contributed by atoms with E-state index in [1.54, 1.807) is 18.2 Å². The van der Waals surface area contributed by atoms with Gasteiger partial charge in [0.05, 0.1) is 5.56 Å². The van der Waals surface area contributed by atoms with Crippen molar-refractivity contribution in [1.29, 1.82) is 5.26 Å². The Bertz CT molecular complexity index is 587. The molecule has 1 aromatic carbocycles. The fourth-order valence-corrected chi connectivity index (χ4v) is 1.64. The maximum Gasteiger partial charge on any atom is 0.148 e. The molecule has 0 saturated heterocycles.